The Kier molecular flexibility index (Phi) is 6.53. The molecule has 0 aliphatic rings. The van der Waals surface area contributed by atoms with Gasteiger partial charge in [0.15, 0.2) is 0 Å². The summed E-state index contributed by atoms with van der Waals surface area (Å²) in [5.41, 5.74) is 3.63. The Hall–Kier alpha value is -4.34. The monoisotopic (exact) mass is 446 g/mol. The largest absolute Gasteiger partial charge is 0.511 e. The minimum atomic E-state index is -1.45. The van der Waals surface area contributed by atoms with E-state index in [1.807, 2.05) is 36.4 Å². The van der Waals surface area contributed by atoms with E-state index < -0.39 is 6.16 Å². The van der Waals surface area contributed by atoms with E-state index in [4.69, 9.17) is 9.84 Å². The molecule has 10 heteroatoms. The van der Waals surface area contributed by atoms with Crippen LogP contribution in [0.2, 0.25) is 0 Å². The molecule has 0 amide bonds. The molecule has 0 fully saturated rings. The highest BCUT2D eigenvalue weighted by Gasteiger charge is 2.13. The number of hydrogen-bond acceptors (Lipinski definition) is 7. The van der Waals surface area contributed by atoms with Crippen molar-refractivity contribution in [2.45, 2.75) is 32.7 Å². The van der Waals surface area contributed by atoms with Crippen LogP contribution >= 0.6 is 0 Å². The Labute approximate surface area is 188 Å². The Morgan fingerprint density at radius 1 is 1.15 bits per heavy atom. The van der Waals surface area contributed by atoms with E-state index in [1.165, 1.54) is 6.07 Å². The van der Waals surface area contributed by atoms with Crippen LogP contribution < -0.4 is 10.3 Å². The van der Waals surface area contributed by atoms with Gasteiger partial charge < -0.3 is 14.4 Å². The molecule has 0 unspecified atom stereocenters. The van der Waals surface area contributed by atoms with E-state index in [2.05, 4.69) is 32.5 Å². The summed E-state index contributed by atoms with van der Waals surface area (Å²) in [4.78, 5) is 28.2. The van der Waals surface area contributed by atoms with E-state index in [1.54, 1.807) is 16.8 Å². The summed E-state index contributed by atoms with van der Waals surface area (Å²) in [6, 6.07) is 14.2. The third-order valence-corrected chi connectivity index (χ3v) is 5.13. The van der Waals surface area contributed by atoms with Gasteiger partial charge in [0.2, 0.25) is 5.82 Å². The number of hydrogen-bond donors (Lipinski definition) is 2. The van der Waals surface area contributed by atoms with Crippen molar-refractivity contribution < 1.29 is 14.6 Å². The first kappa shape index (κ1) is 21.9. The third kappa shape index (κ3) is 5.12. The predicted molar refractivity (Wildman–Crippen MR) is 120 cm³/mol. The molecule has 0 aliphatic heterocycles. The lowest BCUT2D eigenvalue weighted by atomic mass is 10.0. The van der Waals surface area contributed by atoms with Crippen LogP contribution in [-0.4, -0.2) is 41.4 Å². The van der Waals surface area contributed by atoms with Crippen LogP contribution in [0.5, 0.6) is 5.75 Å². The molecule has 0 saturated carbocycles. The second kappa shape index (κ2) is 9.86. The minimum absolute atomic E-state index is 0.0291. The highest BCUT2D eigenvalue weighted by atomic mass is 16.7. The summed E-state index contributed by atoms with van der Waals surface area (Å²) in [5.74, 6) is 0.508. The highest BCUT2D eigenvalue weighted by Crippen LogP contribution is 2.28. The van der Waals surface area contributed by atoms with Crippen molar-refractivity contribution in [1.29, 1.82) is 0 Å². The third-order valence-electron chi connectivity index (χ3n) is 5.13. The zero-order valence-corrected chi connectivity index (χ0v) is 17.9. The number of H-pyrrole nitrogens is 1. The molecule has 0 spiro atoms. The summed E-state index contributed by atoms with van der Waals surface area (Å²) in [5, 5.41) is 23.1. The molecule has 0 radical (unpaired) electrons. The second-order valence-corrected chi connectivity index (χ2v) is 7.41. The second-order valence-electron chi connectivity index (χ2n) is 7.41. The van der Waals surface area contributed by atoms with E-state index in [0.717, 1.165) is 35.2 Å². The number of ether oxygens (including phenoxy) is 1. The number of nitrogens with one attached hydrogen (secondary N) is 1. The average Bonchev–Trinajstić information content (AvgIpc) is 3.34. The minimum Gasteiger partial charge on any atom is -0.449 e. The number of rotatable bonds is 8. The number of pyridine rings is 2. The van der Waals surface area contributed by atoms with Gasteiger partial charge in [0.25, 0.3) is 5.56 Å². The molecule has 2 N–H and O–H groups in total. The van der Waals surface area contributed by atoms with E-state index in [-0.39, 0.29) is 11.3 Å². The summed E-state index contributed by atoms with van der Waals surface area (Å²) in [6.07, 6.45) is 2.70. The fourth-order valence-corrected chi connectivity index (χ4v) is 3.57. The van der Waals surface area contributed by atoms with Gasteiger partial charge in [0.05, 0.1) is 12.2 Å². The number of aromatic amines is 1. The van der Waals surface area contributed by atoms with Crippen LogP contribution in [0.25, 0.3) is 22.6 Å². The van der Waals surface area contributed by atoms with Crippen molar-refractivity contribution in [2.75, 3.05) is 0 Å². The number of carbonyl (C=O) groups is 1. The van der Waals surface area contributed by atoms with Crippen molar-refractivity contribution in [3.8, 4) is 28.4 Å². The van der Waals surface area contributed by atoms with Crippen molar-refractivity contribution in [3.05, 3.63) is 76.3 Å². The first-order chi connectivity index (χ1) is 16.0. The lowest BCUT2D eigenvalue weighted by molar-refractivity contribution is 0.144. The first-order valence-corrected chi connectivity index (χ1v) is 10.5. The Morgan fingerprint density at radius 3 is 2.64 bits per heavy atom. The number of aryl methyl sites for hydroxylation is 1. The van der Waals surface area contributed by atoms with Gasteiger partial charge in [-0.2, -0.15) is 5.21 Å². The number of aromatic nitrogens is 6. The smallest absolute Gasteiger partial charge is 0.449 e. The van der Waals surface area contributed by atoms with Crippen molar-refractivity contribution in [3.63, 3.8) is 0 Å². The molecule has 4 aromatic rings. The number of benzene rings is 1. The lowest BCUT2D eigenvalue weighted by Gasteiger charge is -2.14. The maximum absolute atomic E-state index is 12.7. The quantitative estimate of drug-likeness (QED) is 0.392. The number of nitrogens with zero attached hydrogens (tertiary/aromatic N) is 5. The summed E-state index contributed by atoms with van der Waals surface area (Å²) in [6.45, 7) is 2.36. The molecule has 10 nitrogen and oxygen atoms in total. The van der Waals surface area contributed by atoms with Crippen LogP contribution in [0.3, 0.4) is 0 Å². The Balaban J connectivity index is 1.63. The number of tetrazole rings is 1. The van der Waals surface area contributed by atoms with Gasteiger partial charge in [-0.05, 0) is 29.7 Å². The molecule has 0 atom stereocenters. The summed E-state index contributed by atoms with van der Waals surface area (Å²) < 4.78 is 6.32. The lowest BCUT2D eigenvalue weighted by Crippen LogP contribution is -2.24. The molecule has 168 valence electrons. The molecule has 33 heavy (non-hydrogen) atoms. The van der Waals surface area contributed by atoms with Gasteiger partial charge in [0.1, 0.15) is 5.75 Å². The number of unbranched alkanes of at least 4 members (excludes halogenated alkanes) is 1. The SMILES string of the molecule is CCCCc1cc(OC(=O)O)cc(=O)n1Cc1ccc(-c2ccccc2-c2nn[nH]n2)nc1. The maximum atomic E-state index is 12.7. The predicted octanol–water partition coefficient (Wildman–Crippen LogP) is 3.54. The molecule has 3 aromatic heterocycles. The molecule has 3 heterocycles. The molecule has 0 saturated heterocycles. The van der Waals surface area contributed by atoms with E-state index in [9.17, 15) is 9.59 Å². The fourth-order valence-electron chi connectivity index (χ4n) is 3.57. The van der Waals surface area contributed by atoms with Crippen molar-refractivity contribution >= 4 is 6.16 Å². The average molecular weight is 446 g/mol. The van der Waals surface area contributed by atoms with E-state index in [0.29, 0.717) is 24.5 Å². The van der Waals surface area contributed by atoms with Crippen LogP contribution in [0, 0.1) is 0 Å². The number of carboxylic acid groups (broad SMARTS) is 1. The van der Waals surface area contributed by atoms with Crippen LogP contribution in [0.15, 0.2) is 59.5 Å². The van der Waals surface area contributed by atoms with Crippen LogP contribution in [-0.2, 0) is 13.0 Å². The van der Waals surface area contributed by atoms with Gasteiger partial charge >= 0.3 is 6.16 Å². The van der Waals surface area contributed by atoms with Crippen molar-refractivity contribution in [1.82, 2.24) is 30.2 Å². The van der Waals surface area contributed by atoms with Gasteiger partial charge in [-0.25, -0.2) is 4.79 Å². The first-order valence-electron chi connectivity index (χ1n) is 10.5. The van der Waals surface area contributed by atoms with Gasteiger partial charge in [-0.15, -0.1) is 10.2 Å². The molecular weight excluding hydrogens is 424 g/mol. The van der Waals surface area contributed by atoms with Gasteiger partial charge in [-0.3, -0.25) is 9.78 Å². The maximum Gasteiger partial charge on any atom is 0.511 e. The Morgan fingerprint density at radius 2 is 1.97 bits per heavy atom. The normalized spacial score (nSPS) is 10.8. The molecule has 4 rings (SSSR count). The zero-order chi connectivity index (χ0) is 23.2. The fraction of sp³-hybridized carbons (Fsp3) is 0.217. The van der Waals surface area contributed by atoms with E-state index >= 15 is 0 Å². The van der Waals surface area contributed by atoms with Crippen molar-refractivity contribution in [2.24, 2.45) is 0 Å². The van der Waals surface area contributed by atoms with Crippen LogP contribution in [0.1, 0.15) is 31.0 Å². The molecule has 1 aromatic carbocycles. The standard InChI is InChI=1S/C23H22N6O4/c1-2-3-6-16-11-17(33-23(31)32)12-21(30)29(16)14-15-9-10-20(24-13-15)18-7-4-5-8-19(18)22-25-27-28-26-22/h4-5,7-13H,2-3,6,14H2,1H3,(H,31,32)(H,25,26,27,28). The molecular formula is C23H22N6O4. The highest BCUT2D eigenvalue weighted by molar-refractivity contribution is 5.78. The zero-order valence-electron chi connectivity index (χ0n) is 17.9. The Bertz CT molecular complexity index is 1300. The topological polar surface area (TPSA) is 136 Å². The summed E-state index contributed by atoms with van der Waals surface area (Å²) in [7, 11) is 0. The van der Waals surface area contributed by atoms with Gasteiger partial charge in [0, 0.05) is 35.2 Å². The van der Waals surface area contributed by atoms with Crippen LogP contribution in [0.4, 0.5) is 4.79 Å². The summed E-state index contributed by atoms with van der Waals surface area (Å²) >= 11 is 0. The van der Waals surface area contributed by atoms with Gasteiger partial charge in [-0.1, -0.05) is 43.7 Å². The molecule has 0 bridgehead atoms. The molecule has 0 aliphatic carbocycles.